The van der Waals surface area contributed by atoms with Crippen LogP contribution in [0.4, 0.5) is 0 Å². The lowest BCUT2D eigenvalue weighted by atomic mass is 9.44. The molecule has 0 saturated heterocycles. The molecule has 0 aromatic heterocycles. The normalized spacial score (nSPS) is 54.1. The van der Waals surface area contributed by atoms with E-state index in [1.54, 1.807) is 0 Å². The van der Waals surface area contributed by atoms with Crippen LogP contribution in [-0.2, 0) is 9.53 Å². The molecule has 8 atom stereocenters. The summed E-state index contributed by atoms with van der Waals surface area (Å²) in [5, 5.41) is 11.2. The minimum atomic E-state index is -0.313. The highest BCUT2D eigenvalue weighted by molar-refractivity contribution is 5.87. The molecular weight excluding hydrogens is 300 g/mol. The summed E-state index contributed by atoms with van der Waals surface area (Å²) < 4.78 is 6.00. The second kappa shape index (κ2) is 5.81. The van der Waals surface area contributed by atoms with Gasteiger partial charge in [0.1, 0.15) is 5.78 Å². The van der Waals surface area contributed by atoms with Crippen LogP contribution in [0.2, 0.25) is 0 Å². The van der Waals surface area contributed by atoms with Crippen molar-refractivity contribution in [1.29, 1.82) is 0 Å². The van der Waals surface area contributed by atoms with E-state index in [2.05, 4.69) is 20.8 Å². The van der Waals surface area contributed by atoms with E-state index >= 15 is 0 Å². The highest BCUT2D eigenvalue weighted by atomic mass is 16.5. The Morgan fingerprint density at radius 3 is 2.62 bits per heavy atom. The Hall–Kier alpha value is -0.410. The van der Waals surface area contributed by atoms with Crippen LogP contribution < -0.4 is 0 Å². The summed E-state index contributed by atoms with van der Waals surface area (Å²) in [5.74, 6) is 2.54. The highest BCUT2D eigenvalue weighted by Gasteiger charge is 2.63. The minimum absolute atomic E-state index is 0.188. The van der Waals surface area contributed by atoms with E-state index in [0.29, 0.717) is 36.1 Å². The maximum Gasteiger partial charge on any atom is 0.139 e. The molecule has 4 aliphatic rings. The Morgan fingerprint density at radius 2 is 1.88 bits per heavy atom. The fraction of sp³-hybridized carbons (Fsp3) is 0.952. The first-order chi connectivity index (χ1) is 11.4. The largest absolute Gasteiger partial charge is 0.393 e. The van der Waals surface area contributed by atoms with Gasteiger partial charge in [-0.3, -0.25) is 4.79 Å². The van der Waals surface area contributed by atoms with Gasteiger partial charge in [-0.1, -0.05) is 13.8 Å². The predicted molar refractivity (Wildman–Crippen MR) is 93.5 cm³/mol. The smallest absolute Gasteiger partial charge is 0.139 e. The molecule has 0 bridgehead atoms. The quantitative estimate of drug-likeness (QED) is 0.831. The molecule has 0 unspecified atom stereocenters. The van der Waals surface area contributed by atoms with E-state index in [1.807, 2.05) is 0 Å². The van der Waals surface area contributed by atoms with E-state index in [1.165, 1.54) is 25.7 Å². The molecule has 0 aliphatic heterocycles. The molecule has 4 aliphatic carbocycles. The van der Waals surface area contributed by atoms with Crippen LogP contribution in [0.5, 0.6) is 0 Å². The van der Waals surface area contributed by atoms with Gasteiger partial charge in [0.05, 0.1) is 12.2 Å². The van der Waals surface area contributed by atoms with Crippen molar-refractivity contribution in [3.05, 3.63) is 0 Å². The molecule has 0 aromatic rings. The zero-order valence-corrected chi connectivity index (χ0v) is 15.6. The summed E-state index contributed by atoms with van der Waals surface area (Å²) in [4.78, 5) is 12.5. The fourth-order valence-corrected chi connectivity index (χ4v) is 7.59. The third-order valence-corrected chi connectivity index (χ3v) is 8.61. The number of Topliss-reactive ketones (excluding diaryl/α,β-unsaturated/α-hetero) is 1. The number of hydrogen-bond acceptors (Lipinski definition) is 3. The van der Waals surface area contributed by atoms with Crippen LogP contribution in [-0.4, -0.2) is 29.7 Å². The Morgan fingerprint density at radius 1 is 1.12 bits per heavy atom. The van der Waals surface area contributed by atoms with Gasteiger partial charge in [0, 0.05) is 18.4 Å². The lowest BCUT2D eigenvalue weighted by Gasteiger charge is -2.61. The molecule has 0 aromatic carbocycles. The lowest BCUT2D eigenvalue weighted by Crippen LogP contribution is -2.59. The molecular formula is C21H34O3. The van der Waals surface area contributed by atoms with Crippen molar-refractivity contribution < 1.29 is 14.6 Å². The zero-order valence-electron chi connectivity index (χ0n) is 15.6. The fourth-order valence-electron chi connectivity index (χ4n) is 7.59. The summed E-state index contributed by atoms with van der Waals surface area (Å²) in [6.45, 7) is 7.45. The Bertz CT molecular complexity index is 517. The standard InChI is InChI=1S/C21H34O3/c1-4-24-14-7-5-13-6-8-15-16-9-10-18(23)21(16,3)12-17(22)19(15)20(13,2)11-14/h13-17,19,22H,4-12H2,1-3H3/t13-,14-,15+,16+,17+,19-,20+,21+/m1/s1. The predicted octanol–water partition coefficient (Wildman–Crippen LogP) is 3.97. The molecule has 0 heterocycles. The highest BCUT2D eigenvalue weighted by Crippen LogP contribution is 2.65. The molecule has 1 N–H and O–H groups in total. The first-order valence-electron chi connectivity index (χ1n) is 10.2. The Balaban J connectivity index is 1.65. The van der Waals surface area contributed by atoms with Crippen molar-refractivity contribution in [1.82, 2.24) is 0 Å². The van der Waals surface area contributed by atoms with E-state index in [9.17, 15) is 9.90 Å². The van der Waals surface area contributed by atoms with Gasteiger partial charge in [-0.2, -0.15) is 0 Å². The van der Waals surface area contributed by atoms with Crippen LogP contribution in [0.1, 0.15) is 72.1 Å². The SMILES string of the molecule is CCO[C@@H]1CC[C@@H]2CC[C@@H]3[C@H]([C@@H](O)C[C@]4(C)C(=O)CC[C@@H]34)[C@@]2(C)C1. The average molecular weight is 335 g/mol. The molecule has 0 amide bonds. The van der Waals surface area contributed by atoms with Gasteiger partial charge < -0.3 is 9.84 Å². The number of rotatable bonds is 2. The van der Waals surface area contributed by atoms with Gasteiger partial charge in [-0.05, 0) is 81.0 Å². The van der Waals surface area contributed by atoms with Gasteiger partial charge >= 0.3 is 0 Å². The summed E-state index contributed by atoms with van der Waals surface area (Å²) in [7, 11) is 0. The Kier molecular flexibility index (Phi) is 4.12. The number of hydrogen-bond donors (Lipinski definition) is 1. The van der Waals surface area contributed by atoms with Crippen LogP contribution in [0.15, 0.2) is 0 Å². The number of aliphatic hydroxyl groups excluding tert-OH is 1. The molecule has 4 saturated carbocycles. The number of ether oxygens (including phenoxy) is 1. The second-order valence-electron chi connectivity index (χ2n) is 9.59. The number of aliphatic hydroxyl groups is 1. The van der Waals surface area contributed by atoms with Gasteiger partial charge in [0.25, 0.3) is 0 Å². The van der Waals surface area contributed by atoms with Crippen LogP contribution in [0, 0.1) is 34.5 Å². The molecule has 0 radical (unpaired) electrons. The molecule has 24 heavy (non-hydrogen) atoms. The van der Waals surface area contributed by atoms with Gasteiger partial charge in [0.15, 0.2) is 0 Å². The number of ketones is 1. The maximum atomic E-state index is 12.5. The van der Waals surface area contributed by atoms with Crippen molar-refractivity contribution in [3.8, 4) is 0 Å². The van der Waals surface area contributed by atoms with Crippen molar-refractivity contribution in [2.45, 2.75) is 84.3 Å². The van der Waals surface area contributed by atoms with E-state index in [4.69, 9.17) is 4.74 Å². The molecule has 3 nitrogen and oxygen atoms in total. The minimum Gasteiger partial charge on any atom is -0.393 e. The van der Waals surface area contributed by atoms with Gasteiger partial charge in [-0.15, -0.1) is 0 Å². The topological polar surface area (TPSA) is 46.5 Å². The Labute approximate surface area is 146 Å². The first-order valence-corrected chi connectivity index (χ1v) is 10.2. The van der Waals surface area contributed by atoms with Crippen molar-refractivity contribution >= 4 is 5.78 Å². The van der Waals surface area contributed by atoms with E-state index < -0.39 is 0 Å². The number of carbonyl (C=O) groups is 1. The zero-order chi connectivity index (χ0) is 17.1. The summed E-state index contributed by atoms with van der Waals surface area (Å²) in [6, 6.07) is 0. The van der Waals surface area contributed by atoms with Crippen LogP contribution >= 0.6 is 0 Å². The van der Waals surface area contributed by atoms with E-state index in [0.717, 1.165) is 31.8 Å². The van der Waals surface area contributed by atoms with Crippen LogP contribution in [0.25, 0.3) is 0 Å². The van der Waals surface area contributed by atoms with Crippen molar-refractivity contribution in [3.63, 3.8) is 0 Å². The molecule has 136 valence electrons. The van der Waals surface area contributed by atoms with Crippen molar-refractivity contribution in [2.75, 3.05) is 6.61 Å². The van der Waals surface area contributed by atoms with Gasteiger partial charge in [-0.25, -0.2) is 0 Å². The number of carbonyl (C=O) groups excluding carboxylic acids is 1. The monoisotopic (exact) mass is 334 g/mol. The third kappa shape index (κ3) is 2.26. The lowest BCUT2D eigenvalue weighted by molar-refractivity contribution is -0.181. The molecule has 4 fully saturated rings. The van der Waals surface area contributed by atoms with E-state index in [-0.39, 0.29) is 16.9 Å². The van der Waals surface area contributed by atoms with Gasteiger partial charge in [0.2, 0.25) is 0 Å². The maximum absolute atomic E-state index is 12.5. The molecule has 0 spiro atoms. The third-order valence-electron chi connectivity index (χ3n) is 8.61. The average Bonchev–Trinajstić information content (AvgIpc) is 2.81. The summed E-state index contributed by atoms with van der Waals surface area (Å²) in [6.07, 6.45) is 8.56. The second-order valence-corrected chi connectivity index (χ2v) is 9.59. The number of fused-ring (bicyclic) bond motifs is 5. The van der Waals surface area contributed by atoms with Crippen molar-refractivity contribution in [2.24, 2.45) is 34.5 Å². The summed E-state index contributed by atoms with van der Waals surface area (Å²) in [5.41, 5.74) is -0.0643. The van der Waals surface area contributed by atoms with Crippen LogP contribution in [0.3, 0.4) is 0 Å². The summed E-state index contributed by atoms with van der Waals surface area (Å²) >= 11 is 0. The molecule has 4 rings (SSSR count). The molecule has 3 heteroatoms. The first kappa shape index (κ1) is 17.0.